The first kappa shape index (κ1) is 15.3. The minimum atomic E-state index is 0.530. The van der Waals surface area contributed by atoms with Crippen LogP contribution < -0.4 is 5.32 Å². The molecule has 0 amide bonds. The second kappa shape index (κ2) is 8.23. The van der Waals surface area contributed by atoms with Gasteiger partial charge < -0.3 is 14.8 Å². The molecule has 0 bridgehead atoms. The van der Waals surface area contributed by atoms with Crippen molar-refractivity contribution in [1.29, 1.82) is 0 Å². The molecule has 0 aromatic heterocycles. The third-order valence-electron chi connectivity index (χ3n) is 4.67. The minimum absolute atomic E-state index is 0.530. The van der Waals surface area contributed by atoms with Crippen molar-refractivity contribution in [2.24, 2.45) is 5.41 Å². The molecular weight excluding hydrogens is 238 g/mol. The van der Waals surface area contributed by atoms with Crippen LogP contribution in [0, 0.1) is 5.41 Å². The van der Waals surface area contributed by atoms with E-state index in [4.69, 9.17) is 9.47 Å². The lowest BCUT2D eigenvalue weighted by molar-refractivity contribution is 0.0611. The first-order valence-corrected chi connectivity index (χ1v) is 8.15. The lowest BCUT2D eigenvalue weighted by Crippen LogP contribution is -2.38. The third-order valence-corrected chi connectivity index (χ3v) is 4.67. The van der Waals surface area contributed by atoms with Crippen LogP contribution in [0.25, 0.3) is 0 Å². The van der Waals surface area contributed by atoms with Gasteiger partial charge in [-0.25, -0.2) is 0 Å². The Balaban J connectivity index is 1.64. The van der Waals surface area contributed by atoms with Gasteiger partial charge in [-0.3, -0.25) is 0 Å². The fourth-order valence-electron chi connectivity index (χ4n) is 3.16. The zero-order valence-corrected chi connectivity index (χ0v) is 12.6. The van der Waals surface area contributed by atoms with Gasteiger partial charge in [-0.1, -0.05) is 19.3 Å². The summed E-state index contributed by atoms with van der Waals surface area (Å²) in [4.78, 5) is 0. The first-order chi connectivity index (χ1) is 9.35. The highest BCUT2D eigenvalue weighted by Gasteiger charge is 2.33. The van der Waals surface area contributed by atoms with Crippen LogP contribution in [0.1, 0.15) is 57.8 Å². The molecule has 0 unspecified atom stereocenters. The van der Waals surface area contributed by atoms with E-state index in [2.05, 4.69) is 5.32 Å². The van der Waals surface area contributed by atoms with Gasteiger partial charge in [0, 0.05) is 39.5 Å². The van der Waals surface area contributed by atoms with Gasteiger partial charge in [-0.05, 0) is 43.9 Å². The molecule has 0 aliphatic heterocycles. The van der Waals surface area contributed by atoms with Crippen molar-refractivity contribution in [2.45, 2.75) is 63.8 Å². The molecule has 3 nitrogen and oxygen atoms in total. The predicted molar refractivity (Wildman–Crippen MR) is 78.5 cm³/mol. The molecule has 1 N–H and O–H groups in total. The molecule has 0 atom stereocenters. The van der Waals surface area contributed by atoms with Crippen LogP contribution in [0.5, 0.6) is 0 Å². The Labute approximate surface area is 118 Å². The van der Waals surface area contributed by atoms with Gasteiger partial charge in [0.05, 0.1) is 0 Å². The quantitative estimate of drug-likeness (QED) is 0.618. The van der Waals surface area contributed by atoms with E-state index in [1.807, 2.05) is 0 Å². The minimum Gasteiger partial charge on any atom is -0.385 e. The standard InChI is InChI=1S/C16H31NO2/c1-18-11-5-12-19-13-10-16(8-3-2-4-9-16)14-17-15-6-7-15/h15,17H,2-14H2,1H3. The Morgan fingerprint density at radius 1 is 1.05 bits per heavy atom. The van der Waals surface area contributed by atoms with E-state index in [-0.39, 0.29) is 0 Å². The van der Waals surface area contributed by atoms with Gasteiger partial charge in [-0.2, -0.15) is 0 Å². The van der Waals surface area contributed by atoms with Gasteiger partial charge in [0.2, 0.25) is 0 Å². The SMILES string of the molecule is COCCCOCCC1(CNC2CC2)CCCCC1. The number of hydrogen-bond donors (Lipinski definition) is 1. The molecule has 0 heterocycles. The topological polar surface area (TPSA) is 30.5 Å². The molecule has 0 aromatic rings. The Bertz CT molecular complexity index is 235. The van der Waals surface area contributed by atoms with Gasteiger partial charge in [-0.15, -0.1) is 0 Å². The molecule has 0 aromatic carbocycles. The van der Waals surface area contributed by atoms with Crippen LogP contribution in [0.4, 0.5) is 0 Å². The van der Waals surface area contributed by atoms with Crippen molar-refractivity contribution in [3.05, 3.63) is 0 Å². The van der Waals surface area contributed by atoms with Crippen LogP contribution >= 0.6 is 0 Å². The summed E-state index contributed by atoms with van der Waals surface area (Å²) < 4.78 is 10.8. The summed E-state index contributed by atoms with van der Waals surface area (Å²) in [6, 6.07) is 0.835. The molecule has 0 radical (unpaired) electrons. The second-order valence-corrected chi connectivity index (χ2v) is 6.42. The summed E-state index contributed by atoms with van der Waals surface area (Å²) >= 11 is 0. The molecule has 0 saturated heterocycles. The van der Waals surface area contributed by atoms with Crippen molar-refractivity contribution in [3.63, 3.8) is 0 Å². The van der Waals surface area contributed by atoms with Crippen LogP contribution in [0.3, 0.4) is 0 Å². The summed E-state index contributed by atoms with van der Waals surface area (Å²) in [6.45, 7) is 3.81. The molecule has 2 fully saturated rings. The van der Waals surface area contributed by atoms with Crippen LogP contribution in [-0.4, -0.2) is 39.5 Å². The second-order valence-electron chi connectivity index (χ2n) is 6.42. The molecule has 2 aliphatic carbocycles. The average Bonchev–Trinajstić information content (AvgIpc) is 3.26. The summed E-state index contributed by atoms with van der Waals surface area (Å²) in [6.07, 6.45) is 12.1. The van der Waals surface area contributed by atoms with Crippen LogP contribution in [-0.2, 0) is 9.47 Å². The lowest BCUT2D eigenvalue weighted by atomic mass is 9.72. The van der Waals surface area contributed by atoms with Gasteiger partial charge >= 0.3 is 0 Å². The zero-order chi connectivity index (χ0) is 13.4. The largest absolute Gasteiger partial charge is 0.385 e. The normalized spacial score (nSPS) is 22.6. The van der Waals surface area contributed by atoms with Gasteiger partial charge in [0.25, 0.3) is 0 Å². The fraction of sp³-hybridized carbons (Fsp3) is 1.00. The monoisotopic (exact) mass is 269 g/mol. The van der Waals surface area contributed by atoms with Crippen LogP contribution in [0.15, 0.2) is 0 Å². The number of rotatable bonds is 10. The summed E-state index contributed by atoms with van der Waals surface area (Å²) in [5.41, 5.74) is 0.530. The number of hydrogen-bond acceptors (Lipinski definition) is 3. The molecule has 2 aliphatic rings. The van der Waals surface area contributed by atoms with Crippen molar-refractivity contribution < 1.29 is 9.47 Å². The number of methoxy groups -OCH3 is 1. The number of nitrogens with one attached hydrogen (secondary N) is 1. The van der Waals surface area contributed by atoms with Crippen molar-refractivity contribution >= 4 is 0 Å². The maximum absolute atomic E-state index is 5.78. The van der Waals surface area contributed by atoms with E-state index in [9.17, 15) is 0 Å². The summed E-state index contributed by atoms with van der Waals surface area (Å²) in [5, 5.41) is 3.75. The Kier molecular flexibility index (Phi) is 6.62. The zero-order valence-electron chi connectivity index (χ0n) is 12.6. The Morgan fingerprint density at radius 2 is 1.84 bits per heavy atom. The highest BCUT2D eigenvalue weighted by Crippen LogP contribution is 2.39. The van der Waals surface area contributed by atoms with E-state index < -0.39 is 0 Å². The molecule has 112 valence electrons. The van der Waals surface area contributed by atoms with Crippen molar-refractivity contribution in [2.75, 3.05) is 33.5 Å². The smallest absolute Gasteiger partial charge is 0.0487 e. The average molecular weight is 269 g/mol. The molecule has 0 spiro atoms. The van der Waals surface area contributed by atoms with E-state index in [1.165, 1.54) is 57.9 Å². The molecule has 19 heavy (non-hydrogen) atoms. The van der Waals surface area contributed by atoms with Crippen molar-refractivity contribution in [1.82, 2.24) is 5.32 Å². The number of ether oxygens (including phenoxy) is 2. The maximum Gasteiger partial charge on any atom is 0.0487 e. The van der Waals surface area contributed by atoms with Crippen molar-refractivity contribution in [3.8, 4) is 0 Å². The van der Waals surface area contributed by atoms with E-state index >= 15 is 0 Å². The molecule has 2 saturated carbocycles. The van der Waals surface area contributed by atoms with E-state index in [0.717, 1.165) is 32.3 Å². The van der Waals surface area contributed by atoms with Gasteiger partial charge in [0.1, 0.15) is 0 Å². The first-order valence-electron chi connectivity index (χ1n) is 8.15. The van der Waals surface area contributed by atoms with E-state index in [0.29, 0.717) is 5.41 Å². The summed E-state index contributed by atoms with van der Waals surface area (Å²) in [7, 11) is 1.75. The Hall–Kier alpha value is -0.120. The molecule has 2 rings (SSSR count). The predicted octanol–water partition coefficient (Wildman–Crippen LogP) is 3.13. The Morgan fingerprint density at radius 3 is 2.53 bits per heavy atom. The highest BCUT2D eigenvalue weighted by atomic mass is 16.5. The maximum atomic E-state index is 5.78. The molecular formula is C16H31NO2. The van der Waals surface area contributed by atoms with E-state index in [1.54, 1.807) is 7.11 Å². The summed E-state index contributed by atoms with van der Waals surface area (Å²) in [5.74, 6) is 0. The van der Waals surface area contributed by atoms with Crippen LogP contribution in [0.2, 0.25) is 0 Å². The highest BCUT2D eigenvalue weighted by molar-refractivity contribution is 4.89. The van der Waals surface area contributed by atoms with Gasteiger partial charge in [0.15, 0.2) is 0 Å². The lowest BCUT2D eigenvalue weighted by Gasteiger charge is -2.37. The molecule has 3 heteroatoms. The third kappa shape index (κ3) is 5.80. The fourth-order valence-corrected chi connectivity index (χ4v) is 3.16.